The van der Waals surface area contributed by atoms with Crippen LogP contribution < -0.4 is 0 Å². The van der Waals surface area contributed by atoms with Crippen LogP contribution in [-0.2, 0) is 25.9 Å². The molecule has 7 heteroatoms. The van der Waals surface area contributed by atoms with Crippen LogP contribution in [0.1, 0.15) is 52.7 Å². The maximum Gasteiger partial charge on any atom is 0.501 e. The Hall–Kier alpha value is -0.893. The van der Waals surface area contributed by atoms with Crippen LogP contribution >= 0.6 is 0 Å². The zero-order valence-electron chi connectivity index (χ0n) is 15.8. The lowest BCUT2D eigenvalue weighted by Crippen LogP contribution is -2.51. The zero-order valence-corrected chi connectivity index (χ0v) is 16.8. The van der Waals surface area contributed by atoms with E-state index in [0.717, 1.165) is 17.7 Å². The summed E-state index contributed by atoms with van der Waals surface area (Å²) in [5.74, 6) is 0. The summed E-state index contributed by atoms with van der Waals surface area (Å²) >= 11 is 0. The van der Waals surface area contributed by atoms with Crippen molar-refractivity contribution in [3.63, 3.8) is 0 Å². The Bertz CT molecular complexity index is 487. The minimum Gasteiger partial charge on any atom is -0.371 e. The Morgan fingerprint density at radius 3 is 1.52 bits per heavy atom. The molecule has 0 amide bonds. The van der Waals surface area contributed by atoms with E-state index in [1.54, 1.807) is 0 Å². The van der Waals surface area contributed by atoms with Crippen LogP contribution in [0.5, 0.6) is 0 Å². The number of benzene rings is 1. The van der Waals surface area contributed by atoms with Crippen LogP contribution in [0.4, 0.5) is 13.2 Å². The second kappa shape index (κ2) is 9.16. The number of halogens is 3. The van der Waals surface area contributed by atoms with E-state index >= 15 is 0 Å². The normalized spacial score (nSPS) is 13.3. The summed E-state index contributed by atoms with van der Waals surface area (Å²) in [4.78, 5) is 0. The molecule has 0 heterocycles. The minimum absolute atomic E-state index is 0.0585. The van der Waals surface area contributed by atoms with Gasteiger partial charge in [-0.3, -0.25) is 0 Å². The molecule has 0 aromatic heterocycles. The topological polar surface area (TPSA) is 27.7 Å². The summed E-state index contributed by atoms with van der Waals surface area (Å²) in [7, 11) is -2.94. The van der Waals surface area contributed by atoms with Gasteiger partial charge in [0.1, 0.15) is 0 Å². The molecule has 0 bridgehead atoms. The highest BCUT2D eigenvalue weighted by atomic mass is 28.4. The Labute approximate surface area is 149 Å². The average Bonchev–Trinajstić information content (AvgIpc) is 2.42. The van der Waals surface area contributed by atoms with Crippen LogP contribution in [0.3, 0.4) is 0 Å². The van der Waals surface area contributed by atoms with E-state index in [9.17, 15) is 13.2 Å². The van der Waals surface area contributed by atoms with Crippen molar-refractivity contribution in [3.05, 3.63) is 35.4 Å². The fourth-order valence-electron chi connectivity index (χ4n) is 2.50. The van der Waals surface area contributed by atoms with Crippen LogP contribution in [-0.4, -0.2) is 27.1 Å². The molecule has 0 aliphatic rings. The molecule has 0 saturated carbocycles. The third-order valence-electron chi connectivity index (χ3n) is 3.25. The predicted molar refractivity (Wildman–Crippen MR) is 94.4 cm³/mol. The summed E-state index contributed by atoms with van der Waals surface area (Å²) < 4.78 is 56.2. The first-order chi connectivity index (χ1) is 11.4. The Kier molecular flexibility index (Phi) is 8.12. The zero-order chi connectivity index (χ0) is 19.3. The quantitative estimate of drug-likeness (QED) is 0.534. The fraction of sp³-hybridized carbons (Fsp3) is 0.667. The number of hydrogen-bond acceptors (Lipinski definition) is 3. The van der Waals surface area contributed by atoms with Gasteiger partial charge < -0.3 is 13.3 Å². The third-order valence-corrected chi connectivity index (χ3v) is 6.60. The van der Waals surface area contributed by atoms with Gasteiger partial charge in [0.25, 0.3) is 0 Å². The van der Waals surface area contributed by atoms with Crippen molar-refractivity contribution in [1.82, 2.24) is 0 Å². The van der Waals surface area contributed by atoms with Crippen LogP contribution in [0, 0.1) is 0 Å². The van der Waals surface area contributed by atoms with Gasteiger partial charge in [0.15, 0.2) is 0 Å². The van der Waals surface area contributed by atoms with E-state index in [0.29, 0.717) is 12.5 Å². The van der Waals surface area contributed by atoms with Crippen LogP contribution in [0.2, 0.25) is 6.04 Å². The molecule has 0 atom stereocenters. The highest BCUT2D eigenvalue weighted by molar-refractivity contribution is 6.60. The van der Waals surface area contributed by atoms with Gasteiger partial charge in [-0.2, -0.15) is 13.2 Å². The van der Waals surface area contributed by atoms with Crippen molar-refractivity contribution in [3.8, 4) is 0 Å². The molecular weight excluding hydrogens is 349 g/mol. The molecule has 0 saturated heterocycles. The van der Waals surface area contributed by atoms with Gasteiger partial charge in [0, 0.05) is 24.4 Å². The van der Waals surface area contributed by atoms with Gasteiger partial charge in [-0.05, 0) is 65.7 Å². The summed E-state index contributed by atoms with van der Waals surface area (Å²) in [6.45, 7) is 11.5. The summed E-state index contributed by atoms with van der Waals surface area (Å²) in [5.41, 5.74) is 0.159. The maximum absolute atomic E-state index is 12.7. The van der Waals surface area contributed by atoms with Crippen molar-refractivity contribution >= 4 is 8.80 Å². The fourth-order valence-corrected chi connectivity index (χ4v) is 5.77. The second-order valence-corrected chi connectivity index (χ2v) is 9.45. The third kappa shape index (κ3) is 7.90. The van der Waals surface area contributed by atoms with Gasteiger partial charge in [0.2, 0.25) is 0 Å². The highest BCUT2D eigenvalue weighted by Gasteiger charge is 2.43. The van der Waals surface area contributed by atoms with Gasteiger partial charge in [-0.1, -0.05) is 12.1 Å². The van der Waals surface area contributed by atoms with Crippen molar-refractivity contribution < 1.29 is 26.4 Å². The summed E-state index contributed by atoms with van der Waals surface area (Å²) in [6.07, 6.45) is -3.96. The van der Waals surface area contributed by atoms with Gasteiger partial charge in [0.05, 0.1) is 5.56 Å². The molecule has 0 unspecified atom stereocenters. The average molecular weight is 379 g/mol. The molecule has 0 radical (unpaired) electrons. The molecule has 0 aliphatic heterocycles. The van der Waals surface area contributed by atoms with Crippen molar-refractivity contribution in [2.75, 3.05) is 0 Å². The maximum atomic E-state index is 12.7. The Morgan fingerprint density at radius 2 is 1.20 bits per heavy atom. The van der Waals surface area contributed by atoms with Crippen LogP contribution in [0.25, 0.3) is 0 Å². The second-order valence-electron chi connectivity index (χ2n) is 6.88. The molecule has 0 aliphatic carbocycles. The first-order valence-electron chi connectivity index (χ1n) is 8.63. The first kappa shape index (κ1) is 22.1. The lowest BCUT2D eigenvalue weighted by Gasteiger charge is -2.34. The molecule has 1 aromatic rings. The summed E-state index contributed by atoms with van der Waals surface area (Å²) in [5, 5.41) is 0. The number of alkyl halides is 3. The molecule has 0 N–H and O–H groups in total. The van der Waals surface area contributed by atoms with Crippen molar-refractivity contribution in [1.29, 1.82) is 0 Å². The Morgan fingerprint density at radius 1 is 0.800 bits per heavy atom. The molecular formula is C18H29F3O3Si. The Balaban J connectivity index is 2.92. The SMILES string of the molecule is CC(C)O[Si](CCc1ccc(C(F)(F)F)cc1)(OC(C)C)OC(C)C. The van der Waals surface area contributed by atoms with Crippen molar-refractivity contribution in [2.24, 2.45) is 0 Å². The van der Waals surface area contributed by atoms with E-state index in [2.05, 4.69) is 0 Å². The van der Waals surface area contributed by atoms with E-state index in [1.807, 2.05) is 41.5 Å². The van der Waals surface area contributed by atoms with Gasteiger partial charge in [-0.15, -0.1) is 0 Å². The summed E-state index contributed by atoms with van der Waals surface area (Å²) in [6, 6.07) is 5.74. The predicted octanol–water partition coefficient (Wildman–Crippen LogP) is 5.46. The molecule has 1 rings (SSSR count). The highest BCUT2D eigenvalue weighted by Crippen LogP contribution is 2.30. The molecule has 144 valence electrons. The van der Waals surface area contributed by atoms with E-state index in [-0.39, 0.29) is 18.3 Å². The monoisotopic (exact) mass is 378 g/mol. The lowest BCUT2D eigenvalue weighted by atomic mass is 10.1. The van der Waals surface area contributed by atoms with Crippen molar-refractivity contribution in [2.45, 2.75) is 78.5 Å². The van der Waals surface area contributed by atoms with Gasteiger partial charge in [-0.25, -0.2) is 0 Å². The van der Waals surface area contributed by atoms with E-state index in [1.165, 1.54) is 12.1 Å². The first-order valence-corrected chi connectivity index (χ1v) is 10.6. The van der Waals surface area contributed by atoms with E-state index in [4.69, 9.17) is 13.3 Å². The van der Waals surface area contributed by atoms with E-state index < -0.39 is 20.5 Å². The smallest absolute Gasteiger partial charge is 0.371 e. The lowest BCUT2D eigenvalue weighted by molar-refractivity contribution is -0.137. The molecule has 3 nitrogen and oxygen atoms in total. The number of rotatable bonds is 9. The van der Waals surface area contributed by atoms with Gasteiger partial charge >= 0.3 is 15.0 Å². The van der Waals surface area contributed by atoms with Crippen LogP contribution in [0.15, 0.2) is 24.3 Å². The molecule has 0 fully saturated rings. The molecule has 1 aromatic carbocycles. The number of hydrogen-bond donors (Lipinski definition) is 0. The minimum atomic E-state index is -4.32. The molecule has 0 spiro atoms. The largest absolute Gasteiger partial charge is 0.501 e. The number of aryl methyl sites for hydroxylation is 1. The standard InChI is InChI=1S/C18H29F3O3Si/c1-13(2)22-25(23-14(3)4,24-15(5)6)12-11-16-7-9-17(10-8-16)18(19,20)21/h7-10,13-15H,11-12H2,1-6H3. The molecule has 25 heavy (non-hydrogen) atoms.